The normalized spacial score (nSPS) is 10.7. The first kappa shape index (κ1) is 27.3. The van der Waals surface area contributed by atoms with Gasteiger partial charge in [-0.25, -0.2) is 4.79 Å². The van der Waals surface area contributed by atoms with Crippen LogP contribution in [0.5, 0.6) is 17.2 Å². The lowest BCUT2D eigenvalue weighted by molar-refractivity contribution is -0.144. The van der Waals surface area contributed by atoms with Gasteiger partial charge in [-0.05, 0) is 56.7 Å². The van der Waals surface area contributed by atoms with E-state index < -0.39 is 5.75 Å². The number of phenolic OH excluding ortho intramolecular Hbond substituents is 3. The molecule has 180 valence electrons. The van der Waals surface area contributed by atoms with Gasteiger partial charge in [0.25, 0.3) is 0 Å². The number of ether oxygens (including phenoxy) is 2. The van der Waals surface area contributed by atoms with Crippen LogP contribution in [0, 0.1) is 0 Å². The molecule has 0 amide bonds. The van der Waals surface area contributed by atoms with Crippen molar-refractivity contribution in [1.29, 1.82) is 0 Å². The molecule has 1 aromatic carbocycles. The van der Waals surface area contributed by atoms with Gasteiger partial charge in [-0.3, -0.25) is 4.79 Å². The van der Waals surface area contributed by atoms with E-state index >= 15 is 0 Å². The smallest absolute Gasteiger partial charge is 0.333 e. The Hall–Kier alpha value is -2.70. The summed E-state index contributed by atoms with van der Waals surface area (Å²) in [6, 6.07) is 2.82. The molecule has 1 aromatic rings. The number of esters is 2. The number of carbonyl (C=O) groups excluding carboxylic acids is 2. The Kier molecular flexibility index (Phi) is 13.7. The van der Waals surface area contributed by atoms with Crippen molar-refractivity contribution in [2.75, 3.05) is 13.2 Å². The highest BCUT2D eigenvalue weighted by atomic mass is 16.5. The van der Waals surface area contributed by atoms with Gasteiger partial charge in [-0.1, -0.05) is 45.1 Å². The maximum absolute atomic E-state index is 11.8. The summed E-state index contributed by atoms with van der Waals surface area (Å²) in [4.78, 5) is 23.0. The van der Waals surface area contributed by atoms with Crippen molar-refractivity contribution in [3.8, 4) is 17.2 Å². The summed E-state index contributed by atoms with van der Waals surface area (Å²) in [7, 11) is 0. The molecule has 0 aliphatic carbocycles. The topological polar surface area (TPSA) is 113 Å². The van der Waals surface area contributed by atoms with Crippen molar-refractivity contribution < 1.29 is 34.4 Å². The van der Waals surface area contributed by atoms with Gasteiger partial charge in [-0.15, -0.1) is 0 Å². The zero-order valence-corrected chi connectivity index (χ0v) is 19.2. The number of phenols is 3. The molecular formula is C25H38O7. The van der Waals surface area contributed by atoms with Crippen LogP contribution in [0.2, 0.25) is 0 Å². The molecule has 0 unspecified atom stereocenters. The third kappa shape index (κ3) is 12.2. The molecule has 0 bridgehead atoms. The fourth-order valence-electron chi connectivity index (χ4n) is 3.21. The number of aryl methyl sites for hydroxylation is 1. The molecule has 0 spiro atoms. The number of aromatic hydroxyl groups is 3. The molecule has 0 saturated heterocycles. The van der Waals surface area contributed by atoms with Crippen LogP contribution in [0.1, 0.15) is 83.1 Å². The molecule has 0 aliphatic rings. The lowest BCUT2D eigenvalue weighted by Gasteiger charge is -2.07. The molecule has 0 radical (unpaired) electrons. The maximum atomic E-state index is 11.8. The molecule has 0 aliphatic heterocycles. The number of hydrogen-bond acceptors (Lipinski definition) is 7. The minimum absolute atomic E-state index is 0.200. The second kappa shape index (κ2) is 16.0. The van der Waals surface area contributed by atoms with E-state index in [1.807, 2.05) is 0 Å². The van der Waals surface area contributed by atoms with Crippen LogP contribution in [0.25, 0.3) is 0 Å². The summed E-state index contributed by atoms with van der Waals surface area (Å²) in [5.41, 5.74) is 1.14. The third-order valence-corrected chi connectivity index (χ3v) is 5.11. The second-order valence-electron chi connectivity index (χ2n) is 8.15. The molecule has 0 heterocycles. The molecule has 0 saturated carbocycles. The average molecular weight is 451 g/mol. The summed E-state index contributed by atoms with van der Waals surface area (Å²) < 4.78 is 10.3. The maximum Gasteiger partial charge on any atom is 0.333 e. The van der Waals surface area contributed by atoms with Gasteiger partial charge in [0.2, 0.25) is 0 Å². The quantitative estimate of drug-likeness (QED) is 0.128. The number of hydrogen-bond donors (Lipinski definition) is 3. The highest BCUT2D eigenvalue weighted by Crippen LogP contribution is 2.35. The summed E-state index contributed by atoms with van der Waals surface area (Å²) in [6.07, 6.45) is 10.7. The molecule has 7 heteroatoms. The van der Waals surface area contributed by atoms with Gasteiger partial charge in [0, 0.05) is 12.0 Å². The van der Waals surface area contributed by atoms with E-state index in [1.54, 1.807) is 6.92 Å². The Morgan fingerprint density at radius 1 is 0.781 bits per heavy atom. The average Bonchev–Trinajstić information content (AvgIpc) is 2.75. The predicted octanol–water partition coefficient (Wildman–Crippen LogP) is 5.30. The molecule has 0 fully saturated rings. The number of carbonyl (C=O) groups is 2. The van der Waals surface area contributed by atoms with E-state index in [4.69, 9.17) is 9.47 Å². The van der Waals surface area contributed by atoms with Gasteiger partial charge in [0.1, 0.15) is 0 Å². The van der Waals surface area contributed by atoms with Crippen LogP contribution in [0.4, 0.5) is 0 Å². The highest BCUT2D eigenvalue weighted by Gasteiger charge is 2.09. The van der Waals surface area contributed by atoms with E-state index in [0.29, 0.717) is 43.6 Å². The van der Waals surface area contributed by atoms with Gasteiger partial charge in [0.05, 0.1) is 13.2 Å². The van der Waals surface area contributed by atoms with Crippen LogP contribution < -0.4 is 0 Å². The van der Waals surface area contributed by atoms with E-state index in [2.05, 4.69) is 6.58 Å². The molecule has 1 rings (SSSR count). The Morgan fingerprint density at radius 3 is 1.81 bits per heavy atom. The monoisotopic (exact) mass is 450 g/mol. The predicted molar refractivity (Wildman–Crippen MR) is 123 cm³/mol. The second-order valence-corrected chi connectivity index (χ2v) is 8.15. The first-order valence-corrected chi connectivity index (χ1v) is 11.5. The summed E-state index contributed by atoms with van der Waals surface area (Å²) in [5.74, 6) is -1.73. The molecule has 0 atom stereocenters. The lowest BCUT2D eigenvalue weighted by Crippen LogP contribution is -2.06. The van der Waals surface area contributed by atoms with Gasteiger partial charge >= 0.3 is 11.9 Å². The number of unbranched alkanes of at least 4 members (excludes halogenated alkanes) is 8. The van der Waals surface area contributed by atoms with E-state index in [0.717, 1.165) is 57.8 Å². The summed E-state index contributed by atoms with van der Waals surface area (Å²) in [6.45, 7) is 6.10. The SMILES string of the molecule is C=C(C)C(=O)OCCCCCCCCCCOC(=O)CCCCc1cc(O)c(O)c(O)c1. The van der Waals surface area contributed by atoms with Crippen molar-refractivity contribution in [2.24, 2.45) is 0 Å². The molecule has 32 heavy (non-hydrogen) atoms. The van der Waals surface area contributed by atoms with E-state index in [9.17, 15) is 24.9 Å². The molecule has 7 nitrogen and oxygen atoms in total. The minimum Gasteiger partial charge on any atom is -0.504 e. The zero-order chi connectivity index (χ0) is 23.8. The van der Waals surface area contributed by atoms with Crippen LogP contribution in [0.15, 0.2) is 24.3 Å². The van der Waals surface area contributed by atoms with Gasteiger partial charge in [0.15, 0.2) is 17.2 Å². The Bertz CT molecular complexity index is 704. The molecule has 0 aromatic heterocycles. The largest absolute Gasteiger partial charge is 0.504 e. The van der Waals surface area contributed by atoms with Crippen molar-refractivity contribution in [3.63, 3.8) is 0 Å². The van der Waals surface area contributed by atoms with Gasteiger partial charge in [-0.2, -0.15) is 0 Å². The molecule has 3 N–H and O–H groups in total. The fraction of sp³-hybridized carbons (Fsp3) is 0.600. The van der Waals surface area contributed by atoms with Crippen molar-refractivity contribution >= 4 is 11.9 Å². The Balaban J connectivity index is 1.90. The van der Waals surface area contributed by atoms with Crippen LogP contribution in [0.3, 0.4) is 0 Å². The van der Waals surface area contributed by atoms with Gasteiger partial charge < -0.3 is 24.8 Å². The number of rotatable bonds is 17. The van der Waals surface area contributed by atoms with E-state index in [-0.39, 0.29) is 23.4 Å². The molecular weight excluding hydrogens is 412 g/mol. The van der Waals surface area contributed by atoms with Crippen molar-refractivity contribution in [1.82, 2.24) is 0 Å². The van der Waals surface area contributed by atoms with Crippen molar-refractivity contribution in [2.45, 2.75) is 84.0 Å². The summed E-state index contributed by atoms with van der Waals surface area (Å²) >= 11 is 0. The van der Waals surface area contributed by atoms with Crippen LogP contribution in [-0.4, -0.2) is 40.5 Å². The van der Waals surface area contributed by atoms with E-state index in [1.165, 1.54) is 12.1 Å². The zero-order valence-electron chi connectivity index (χ0n) is 19.2. The van der Waals surface area contributed by atoms with Crippen LogP contribution >= 0.6 is 0 Å². The van der Waals surface area contributed by atoms with Crippen molar-refractivity contribution in [3.05, 3.63) is 29.8 Å². The standard InChI is InChI=1S/C25H38O7/c1-19(2)25(30)32-16-12-8-6-4-3-5-7-11-15-31-23(28)14-10-9-13-20-17-21(26)24(29)22(27)18-20/h17-18,26-27,29H,1,3-16H2,2H3. The van der Waals surface area contributed by atoms with Crippen LogP contribution in [-0.2, 0) is 25.5 Å². The highest BCUT2D eigenvalue weighted by molar-refractivity contribution is 5.86. The fourth-order valence-corrected chi connectivity index (χ4v) is 3.21. The third-order valence-electron chi connectivity index (χ3n) is 5.11. The first-order chi connectivity index (χ1) is 15.3. The first-order valence-electron chi connectivity index (χ1n) is 11.5. The Morgan fingerprint density at radius 2 is 1.28 bits per heavy atom. The lowest BCUT2D eigenvalue weighted by atomic mass is 10.1. The minimum atomic E-state index is -0.517. The number of benzene rings is 1. The Labute approximate surface area is 191 Å². The summed E-state index contributed by atoms with van der Waals surface area (Å²) in [5, 5.41) is 28.3.